The molecule has 1 aromatic carbocycles. The second-order valence-corrected chi connectivity index (χ2v) is 4.30. The minimum Gasteiger partial charge on any atom is -0.444 e. The van der Waals surface area contributed by atoms with Crippen molar-refractivity contribution in [3.05, 3.63) is 65.5 Å². The standard InChI is InChI=1S/C15H16N4O2.2ClH/c16-8-13-7-6-12(9-18-13)14(17)19-15(20)21-10-11-4-2-1-3-5-11;;/h1-7,9H,8,10,16H2,(H2,17,19,20);2*1H. The van der Waals surface area contributed by atoms with E-state index in [-0.39, 0.29) is 37.3 Å². The molecular formula is C15H18Cl2N4O2. The van der Waals surface area contributed by atoms with Crippen molar-refractivity contribution in [1.82, 2.24) is 10.3 Å². The number of nitrogens with zero attached hydrogens (tertiary/aromatic N) is 1. The maximum absolute atomic E-state index is 11.6. The predicted octanol–water partition coefficient (Wildman–Crippen LogP) is 2.64. The van der Waals surface area contributed by atoms with Crippen LogP contribution in [-0.4, -0.2) is 16.9 Å². The van der Waals surface area contributed by atoms with E-state index < -0.39 is 6.09 Å². The summed E-state index contributed by atoms with van der Waals surface area (Å²) in [6.07, 6.45) is 0.814. The fourth-order valence-corrected chi connectivity index (χ4v) is 1.63. The number of hydrogen-bond donors (Lipinski definition) is 3. The van der Waals surface area contributed by atoms with Crippen LogP contribution >= 0.6 is 24.8 Å². The van der Waals surface area contributed by atoms with E-state index in [0.29, 0.717) is 12.1 Å². The van der Waals surface area contributed by atoms with Gasteiger partial charge in [-0.1, -0.05) is 30.3 Å². The van der Waals surface area contributed by atoms with Crippen LogP contribution < -0.4 is 11.1 Å². The summed E-state index contributed by atoms with van der Waals surface area (Å²) in [4.78, 5) is 15.7. The van der Waals surface area contributed by atoms with Crippen molar-refractivity contribution in [2.24, 2.45) is 5.73 Å². The van der Waals surface area contributed by atoms with Gasteiger partial charge in [-0.05, 0) is 17.7 Å². The molecule has 2 rings (SSSR count). The summed E-state index contributed by atoms with van der Waals surface area (Å²) < 4.78 is 5.03. The quantitative estimate of drug-likeness (QED) is 0.578. The maximum Gasteiger partial charge on any atom is 0.413 e. The molecular weight excluding hydrogens is 339 g/mol. The molecule has 0 fully saturated rings. The Bertz CT molecular complexity index is 621. The molecule has 0 bridgehead atoms. The third kappa shape index (κ3) is 6.65. The fourth-order valence-electron chi connectivity index (χ4n) is 1.63. The van der Waals surface area contributed by atoms with E-state index in [1.54, 1.807) is 12.1 Å². The highest BCUT2D eigenvalue weighted by molar-refractivity contribution is 6.04. The number of carbonyl (C=O) groups excluding carboxylic acids is 1. The van der Waals surface area contributed by atoms with Crippen molar-refractivity contribution < 1.29 is 9.53 Å². The van der Waals surface area contributed by atoms with Crippen LogP contribution in [0.15, 0.2) is 48.7 Å². The zero-order chi connectivity index (χ0) is 15.1. The molecule has 0 aliphatic heterocycles. The van der Waals surface area contributed by atoms with Crippen LogP contribution in [0.3, 0.4) is 0 Å². The molecule has 0 radical (unpaired) electrons. The molecule has 8 heteroatoms. The summed E-state index contributed by atoms with van der Waals surface area (Å²) in [6, 6.07) is 12.7. The topological polar surface area (TPSA) is 101 Å². The number of amidine groups is 1. The Morgan fingerprint density at radius 1 is 1.17 bits per heavy atom. The number of halogens is 2. The number of nitrogens with one attached hydrogen (secondary N) is 2. The summed E-state index contributed by atoms with van der Waals surface area (Å²) >= 11 is 0. The lowest BCUT2D eigenvalue weighted by Crippen LogP contribution is -2.31. The third-order valence-corrected chi connectivity index (χ3v) is 2.76. The number of pyridine rings is 1. The van der Waals surface area contributed by atoms with Gasteiger partial charge in [0.05, 0.1) is 5.69 Å². The molecule has 0 atom stereocenters. The van der Waals surface area contributed by atoms with E-state index >= 15 is 0 Å². The van der Waals surface area contributed by atoms with E-state index in [2.05, 4.69) is 10.3 Å². The number of carbonyl (C=O) groups is 1. The Morgan fingerprint density at radius 3 is 2.43 bits per heavy atom. The molecule has 1 heterocycles. The molecule has 6 nitrogen and oxygen atoms in total. The summed E-state index contributed by atoms with van der Waals surface area (Å²) in [5.41, 5.74) is 7.54. The lowest BCUT2D eigenvalue weighted by atomic mass is 10.2. The molecule has 0 unspecified atom stereocenters. The molecule has 0 saturated heterocycles. The van der Waals surface area contributed by atoms with E-state index in [9.17, 15) is 4.79 Å². The molecule has 1 aromatic heterocycles. The highest BCUT2D eigenvalue weighted by atomic mass is 35.5. The average molecular weight is 357 g/mol. The van der Waals surface area contributed by atoms with E-state index in [0.717, 1.165) is 11.3 Å². The monoisotopic (exact) mass is 356 g/mol. The first-order chi connectivity index (χ1) is 10.2. The number of aromatic nitrogens is 1. The number of benzene rings is 1. The zero-order valence-electron chi connectivity index (χ0n) is 12.2. The number of nitrogens with two attached hydrogens (primary N) is 1. The first kappa shape index (κ1) is 20.9. The van der Waals surface area contributed by atoms with Gasteiger partial charge in [-0.2, -0.15) is 0 Å². The third-order valence-electron chi connectivity index (χ3n) is 2.76. The van der Waals surface area contributed by atoms with Crippen molar-refractivity contribution >= 4 is 36.7 Å². The molecule has 0 spiro atoms. The number of alkyl carbamates (subject to hydrolysis) is 1. The minimum absolute atomic E-state index is 0. The van der Waals surface area contributed by atoms with E-state index in [4.69, 9.17) is 15.9 Å². The molecule has 0 aliphatic rings. The van der Waals surface area contributed by atoms with Gasteiger partial charge in [0.25, 0.3) is 0 Å². The lowest BCUT2D eigenvalue weighted by molar-refractivity contribution is 0.145. The Balaban J connectivity index is 0.00000242. The van der Waals surface area contributed by atoms with Gasteiger partial charge >= 0.3 is 6.09 Å². The number of ether oxygens (including phenoxy) is 1. The smallest absolute Gasteiger partial charge is 0.413 e. The lowest BCUT2D eigenvalue weighted by Gasteiger charge is -2.08. The van der Waals surface area contributed by atoms with Gasteiger partial charge in [0, 0.05) is 18.3 Å². The maximum atomic E-state index is 11.6. The van der Waals surface area contributed by atoms with Gasteiger partial charge in [-0.3, -0.25) is 15.7 Å². The SMILES string of the molecule is Cl.Cl.N=C(NC(=O)OCc1ccccc1)c1ccc(CN)nc1. The molecule has 0 aliphatic carbocycles. The Morgan fingerprint density at radius 2 is 1.87 bits per heavy atom. The van der Waals surface area contributed by atoms with Crippen molar-refractivity contribution in [3.63, 3.8) is 0 Å². The first-order valence-corrected chi connectivity index (χ1v) is 6.40. The Kier molecular flexibility index (Phi) is 9.57. The van der Waals surface area contributed by atoms with Crippen LogP contribution in [-0.2, 0) is 17.9 Å². The molecule has 2 aromatic rings. The fraction of sp³-hybridized carbons (Fsp3) is 0.133. The second kappa shape index (κ2) is 10.6. The molecule has 124 valence electrons. The van der Waals surface area contributed by atoms with Crippen LogP contribution in [0.2, 0.25) is 0 Å². The molecule has 4 N–H and O–H groups in total. The van der Waals surface area contributed by atoms with Crippen LogP contribution in [0.4, 0.5) is 4.79 Å². The minimum atomic E-state index is -0.674. The summed E-state index contributed by atoms with van der Waals surface area (Å²) in [7, 11) is 0. The van der Waals surface area contributed by atoms with Gasteiger partial charge in [-0.25, -0.2) is 4.79 Å². The van der Waals surface area contributed by atoms with Crippen molar-refractivity contribution in [2.45, 2.75) is 13.2 Å². The number of amides is 1. The summed E-state index contributed by atoms with van der Waals surface area (Å²) in [5, 5.41) is 10.1. The van der Waals surface area contributed by atoms with Crippen LogP contribution in [0.1, 0.15) is 16.8 Å². The van der Waals surface area contributed by atoms with Crippen molar-refractivity contribution in [2.75, 3.05) is 0 Å². The van der Waals surface area contributed by atoms with E-state index in [1.165, 1.54) is 6.20 Å². The molecule has 0 saturated carbocycles. The second-order valence-electron chi connectivity index (χ2n) is 4.30. The van der Waals surface area contributed by atoms with Crippen molar-refractivity contribution in [3.8, 4) is 0 Å². The molecule has 23 heavy (non-hydrogen) atoms. The zero-order valence-corrected chi connectivity index (χ0v) is 13.8. The van der Waals surface area contributed by atoms with Crippen LogP contribution in [0.25, 0.3) is 0 Å². The van der Waals surface area contributed by atoms with E-state index in [1.807, 2.05) is 30.3 Å². The largest absolute Gasteiger partial charge is 0.444 e. The Hall–Kier alpha value is -2.15. The van der Waals surface area contributed by atoms with Crippen molar-refractivity contribution in [1.29, 1.82) is 5.41 Å². The van der Waals surface area contributed by atoms with Gasteiger partial charge in [0.2, 0.25) is 0 Å². The van der Waals surface area contributed by atoms with Crippen LogP contribution in [0.5, 0.6) is 0 Å². The normalized spacial score (nSPS) is 9.09. The van der Waals surface area contributed by atoms with Gasteiger partial charge in [-0.15, -0.1) is 24.8 Å². The number of hydrogen-bond acceptors (Lipinski definition) is 5. The van der Waals surface area contributed by atoms with Gasteiger partial charge < -0.3 is 10.5 Å². The van der Waals surface area contributed by atoms with Gasteiger partial charge in [0.1, 0.15) is 12.4 Å². The van der Waals surface area contributed by atoms with Gasteiger partial charge in [0.15, 0.2) is 0 Å². The predicted molar refractivity (Wildman–Crippen MR) is 93.2 cm³/mol. The Labute approximate surface area is 146 Å². The summed E-state index contributed by atoms with van der Waals surface area (Å²) in [5.74, 6) is -0.0656. The first-order valence-electron chi connectivity index (χ1n) is 6.40. The number of rotatable bonds is 4. The average Bonchev–Trinajstić information content (AvgIpc) is 2.54. The highest BCUT2D eigenvalue weighted by Gasteiger charge is 2.08. The summed E-state index contributed by atoms with van der Waals surface area (Å²) in [6.45, 7) is 0.491. The van der Waals surface area contributed by atoms with Crippen LogP contribution in [0, 0.1) is 5.41 Å². The molecule has 1 amide bonds. The highest BCUT2D eigenvalue weighted by Crippen LogP contribution is 2.02.